The molecule has 120 valence electrons. The van der Waals surface area contributed by atoms with Gasteiger partial charge in [0.15, 0.2) is 0 Å². The largest absolute Gasteiger partial charge is 0.313 e. The number of amides is 2. The van der Waals surface area contributed by atoms with Crippen LogP contribution in [0.25, 0.3) is 0 Å². The minimum absolute atomic E-state index is 0.0938. The number of hydrazine groups is 1. The summed E-state index contributed by atoms with van der Waals surface area (Å²) in [6.07, 6.45) is 0. The number of rotatable bonds is 5. The van der Waals surface area contributed by atoms with E-state index in [-0.39, 0.29) is 17.2 Å². The smallest absolute Gasteiger partial charge is 0.269 e. The van der Waals surface area contributed by atoms with Crippen molar-refractivity contribution in [1.29, 1.82) is 0 Å². The van der Waals surface area contributed by atoms with Crippen LogP contribution in [0.1, 0.15) is 20.7 Å². The number of nitro groups is 1. The maximum atomic E-state index is 12.2. The van der Waals surface area contributed by atoms with Crippen LogP contribution in [0.2, 0.25) is 0 Å². The highest BCUT2D eigenvalue weighted by atomic mass is 32.1. The Morgan fingerprint density at radius 3 is 2.35 bits per heavy atom. The normalized spacial score (nSPS) is 10.4. The minimum Gasteiger partial charge on any atom is -0.313 e. The molecular formula is C14H14N4O4S. The van der Waals surface area contributed by atoms with Gasteiger partial charge in [-0.3, -0.25) is 25.1 Å². The number of nitrogens with zero attached hydrogens (tertiary/aromatic N) is 2. The molecule has 2 rings (SSSR count). The molecule has 0 aliphatic carbocycles. The average Bonchev–Trinajstić information content (AvgIpc) is 2.94. The van der Waals surface area contributed by atoms with E-state index >= 15 is 0 Å². The first kappa shape index (κ1) is 16.6. The monoisotopic (exact) mass is 334 g/mol. The van der Waals surface area contributed by atoms with Gasteiger partial charge >= 0.3 is 0 Å². The lowest BCUT2D eigenvalue weighted by Crippen LogP contribution is -2.36. The molecule has 0 saturated carbocycles. The van der Waals surface area contributed by atoms with Crippen LogP contribution in [-0.4, -0.2) is 35.8 Å². The summed E-state index contributed by atoms with van der Waals surface area (Å²) < 4.78 is 0. The third-order valence-corrected chi connectivity index (χ3v) is 3.63. The summed E-state index contributed by atoms with van der Waals surface area (Å²) in [4.78, 5) is 34.2. The maximum absolute atomic E-state index is 12.2. The predicted octanol–water partition coefficient (Wildman–Crippen LogP) is 2.11. The van der Waals surface area contributed by atoms with E-state index in [1.807, 2.05) is 0 Å². The maximum Gasteiger partial charge on any atom is 0.269 e. The van der Waals surface area contributed by atoms with E-state index in [4.69, 9.17) is 0 Å². The molecule has 1 aromatic carbocycles. The third kappa shape index (κ3) is 4.11. The Labute approximate surface area is 135 Å². The predicted molar refractivity (Wildman–Crippen MR) is 86.5 cm³/mol. The van der Waals surface area contributed by atoms with E-state index in [0.717, 1.165) is 0 Å². The van der Waals surface area contributed by atoms with E-state index in [2.05, 4.69) is 10.7 Å². The number of hydrogen-bond acceptors (Lipinski definition) is 6. The van der Waals surface area contributed by atoms with E-state index < -0.39 is 10.8 Å². The number of thiophene rings is 1. The van der Waals surface area contributed by atoms with Crippen molar-refractivity contribution in [3.63, 3.8) is 0 Å². The van der Waals surface area contributed by atoms with Gasteiger partial charge in [0, 0.05) is 31.8 Å². The number of non-ortho nitro benzene ring substituents is 1. The van der Waals surface area contributed by atoms with Crippen LogP contribution in [0.15, 0.2) is 35.7 Å². The van der Waals surface area contributed by atoms with Gasteiger partial charge in [0.25, 0.3) is 17.5 Å². The van der Waals surface area contributed by atoms with Crippen molar-refractivity contribution in [2.45, 2.75) is 0 Å². The number of anilines is 1. The number of nitrogens with one attached hydrogen (secondary N) is 2. The molecule has 0 atom stereocenters. The fourth-order valence-electron chi connectivity index (χ4n) is 1.76. The van der Waals surface area contributed by atoms with E-state index in [1.165, 1.54) is 40.6 Å². The Morgan fingerprint density at radius 2 is 1.78 bits per heavy atom. The van der Waals surface area contributed by atoms with Crippen molar-refractivity contribution in [2.75, 3.05) is 19.4 Å². The van der Waals surface area contributed by atoms with Crippen LogP contribution >= 0.6 is 11.3 Å². The molecule has 0 saturated heterocycles. The zero-order valence-electron chi connectivity index (χ0n) is 12.4. The quantitative estimate of drug-likeness (QED) is 0.644. The molecule has 8 nitrogen and oxygen atoms in total. The van der Waals surface area contributed by atoms with Gasteiger partial charge in [-0.05, 0) is 23.6 Å². The summed E-state index contributed by atoms with van der Waals surface area (Å²) in [6.45, 7) is 0. The number of carbonyl (C=O) groups excluding carboxylic acids is 2. The molecule has 0 aliphatic heterocycles. The van der Waals surface area contributed by atoms with E-state index in [0.29, 0.717) is 10.6 Å². The zero-order chi connectivity index (χ0) is 17.0. The summed E-state index contributed by atoms with van der Waals surface area (Å²) in [5.74, 6) is -0.781. The van der Waals surface area contributed by atoms with Gasteiger partial charge in [0.2, 0.25) is 0 Å². The summed E-state index contributed by atoms with van der Waals surface area (Å²) in [5.41, 5.74) is 3.11. The standard InChI is InChI=1S/C14H14N4O4S/c1-17(2)16-13(20)11-7-8-23-14(11)15-12(19)9-3-5-10(6-4-9)18(21)22/h3-8H,1-2H3,(H,15,19)(H,16,20). The molecular weight excluding hydrogens is 320 g/mol. The summed E-state index contributed by atoms with van der Waals surface area (Å²) in [5, 5.41) is 16.8. The highest BCUT2D eigenvalue weighted by molar-refractivity contribution is 7.14. The fraction of sp³-hybridized carbons (Fsp3) is 0.143. The first-order valence-corrected chi connectivity index (χ1v) is 7.38. The Morgan fingerprint density at radius 1 is 1.13 bits per heavy atom. The van der Waals surface area contributed by atoms with Crippen molar-refractivity contribution in [1.82, 2.24) is 10.4 Å². The van der Waals surface area contributed by atoms with Gasteiger partial charge < -0.3 is 5.32 Å². The number of carbonyl (C=O) groups is 2. The van der Waals surface area contributed by atoms with Gasteiger partial charge in [-0.25, -0.2) is 5.01 Å². The van der Waals surface area contributed by atoms with Crippen molar-refractivity contribution in [3.8, 4) is 0 Å². The Hall–Kier alpha value is -2.78. The average molecular weight is 334 g/mol. The highest BCUT2D eigenvalue weighted by Gasteiger charge is 2.17. The lowest BCUT2D eigenvalue weighted by atomic mass is 10.2. The molecule has 0 unspecified atom stereocenters. The minimum atomic E-state index is -0.537. The molecule has 2 N–H and O–H groups in total. The Kier molecular flexibility index (Phi) is 5.04. The molecule has 0 aliphatic rings. The second kappa shape index (κ2) is 6.99. The van der Waals surface area contributed by atoms with E-state index in [1.54, 1.807) is 25.5 Å². The van der Waals surface area contributed by atoms with E-state index in [9.17, 15) is 19.7 Å². The molecule has 2 aromatic rings. The van der Waals surface area contributed by atoms with Gasteiger partial charge in [0.1, 0.15) is 5.00 Å². The molecule has 0 spiro atoms. The summed E-state index contributed by atoms with van der Waals surface area (Å²) >= 11 is 1.22. The van der Waals surface area contributed by atoms with Crippen LogP contribution in [0.4, 0.5) is 10.7 Å². The number of hydrogen-bond donors (Lipinski definition) is 2. The second-order valence-electron chi connectivity index (χ2n) is 4.76. The molecule has 0 radical (unpaired) electrons. The molecule has 23 heavy (non-hydrogen) atoms. The molecule has 1 heterocycles. The summed E-state index contributed by atoms with van der Waals surface area (Å²) in [6, 6.07) is 6.84. The molecule has 1 aromatic heterocycles. The Balaban J connectivity index is 2.13. The first-order valence-electron chi connectivity index (χ1n) is 6.50. The van der Waals surface area contributed by atoms with Gasteiger partial charge in [0.05, 0.1) is 10.5 Å². The van der Waals surface area contributed by atoms with Crippen LogP contribution in [0.5, 0.6) is 0 Å². The van der Waals surface area contributed by atoms with Gasteiger partial charge in [-0.1, -0.05) is 0 Å². The zero-order valence-corrected chi connectivity index (χ0v) is 13.2. The highest BCUT2D eigenvalue weighted by Crippen LogP contribution is 2.24. The second-order valence-corrected chi connectivity index (χ2v) is 5.67. The summed E-state index contributed by atoms with van der Waals surface area (Å²) in [7, 11) is 3.36. The SMILES string of the molecule is CN(C)NC(=O)c1ccsc1NC(=O)c1ccc([N+](=O)[O-])cc1. The lowest BCUT2D eigenvalue weighted by Gasteiger charge is -2.12. The molecule has 2 amide bonds. The van der Waals surface area contributed by atoms with Gasteiger partial charge in [-0.2, -0.15) is 0 Å². The third-order valence-electron chi connectivity index (χ3n) is 2.80. The topological polar surface area (TPSA) is 105 Å². The van der Waals surface area contributed by atoms with Crippen molar-refractivity contribution in [2.24, 2.45) is 0 Å². The number of nitro benzene ring substituents is 1. The first-order chi connectivity index (χ1) is 10.9. The number of benzene rings is 1. The van der Waals surface area contributed by atoms with Gasteiger partial charge in [-0.15, -0.1) is 11.3 Å². The molecule has 9 heteroatoms. The molecule has 0 bridgehead atoms. The van der Waals surface area contributed by atoms with Crippen LogP contribution in [0, 0.1) is 10.1 Å². The van der Waals surface area contributed by atoms with Crippen LogP contribution < -0.4 is 10.7 Å². The van der Waals surface area contributed by atoms with Crippen LogP contribution in [0.3, 0.4) is 0 Å². The molecule has 0 fully saturated rings. The van der Waals surface area contributed by atoms with Crippen molar-refractivity contribution in [3.05, 3.63) is 57.0 Å². The Bertz CT molecular complexity index is 739. The lowest BCUT2D eigenvalue weighted by molar-refractivity contribution is -0.384. The van der Waals surface area contributed by atoms with Crippen molar-refractivity contribution < 1.29 is 14.5 Å². The van der Waals surface area contributed by atoms with Crippen LogP contribution in [-0.2, 0) is 0 Å². The van der Waals surface area contributed by atoms with Crippen molar-refractivity contribution >= 4 is 33.8 Å². The fourth-order valence-corrected chi connectivity index (χ4v) is 2.54.